The van der Waals surface area contributed by atoms with Gasteiger partial charge >= 0.3 is 0 Å². The van der Waals surface area contributed by atoms with Crippen LogP contribution in [-0.2, 0) is 9.47 Å². The minimum absolute atomic E-state index is 0.214. The third-order valence-electron chi connectivity index (χ3n) is 2.74. The Hall–Kier alpha value is -1.93. The quantitative estimate of drug-likeness (QED) is 0.729. The van der Waals surface area contributed by atoms with Gasteiger partial charge in [0.25, 0.3) is 0 Å². The number of hydrogen-bond donors (Lipinski definition) is 2. The number of rotatable bonds is 7. The van der Waals surface area contributed by atoms with E-state index in [4.69, 9.17) is 15.2 Å². The molecule has 0 amide bonds. The van der Waals surface area contributed by atoms with Gasteiger partial charge in [0.1, 0.15) is 5.82 Å². The van der Waals surface area contributed by atoms with Gasteiger partial charge in [-0.25, -0.2) is 0 Å². The fourth-order valence-corrected chi connectivity index (χ4v) is 1.80. The second-order valence-corrected chi connectivity index (χ2v) is 4.01. The fraction of sp³-hybridized carbons (Fsp3) is 0.545. The van der Waals surface area contributed by atoms with E-state index in [1.165, 1.54) is 0 Å². The summed E-state index contributed by atoms with van der Waals surface area (Å²) in [7, 11) is 3.33. The van der Waals surface area contributed by atoms with Crippen molar-refractivity contribution in [2.24, 2.45) is 0 Å². The van der Waals surface area contributed by atoms with Crippen molar-refractivity contribution in [2.75, 3.05) is 51.2 Å². The predicted octanol–water partition coefficient (Wildman–Crippen LogP) is 0.0343. The van der Waals surface area contributed by atoms with Crippen LogP contribution in [0, 0.1) is 0 Å². The number of fused-ring (bicyclic) bond motifs is 1. The highest BCUT2D eigenvalue weighted by molar-refractivity contribution is 5.87. The molecule has 3 N–H and O–H groups in total. The highest BCUT2D eigenvalue weighted by Crippen LogP contribution is 2.22. The van der Waals surface area contributed by atoms with Gasteiger partial charge in [-0.3, -0.25) is 5.10 Å². The molecule has 2 heterocycles. The summed E-state index contributed by atoms with van der Waals surface area (Å²) < 4.78 is 10.2. The molecule has 0 radical (unpaired) electrons. The maximum atomic E-state index is 5.72. The third-order valence-corrected chi connectivity index (χ3v) is 2.74. The molecule has 0 aliphatic heterocycles. The molecule has 0 unspecified atom stereocenters. The number of ether oxygens (including phenoxy) is 2. The van der Waals surface area contributed by atoms with Crippen LogP contribution in [0.5, 0.6) is 0 Å². The van der Waals surface area contributed by atoms with Crippen molar-refractivity contribution in [1.82, 2.24) is 20.2 Å². The summed E-state index contributed by atoms with van der Waals surface area (Å²) in [6.07, 6.45) is 1.69. The standard InChI is InChI=1S/C11H18N6O2/c1-18-5-3-17(4-6-19-2)10-8-7-13-16-9(8)14-11(12)15-10/h7H,3-6H2,1-2H3,(H3,12,13,14,15,16). The van der Waals surface area contributed by atoms with Gasteiger partial charge < -0.3 is 20.1 Å². The summed E-state index contributed by atoms with van der Waals surface area (Å²) >= 11 is 0. The van der Waals surface area contributed by atoms with E-state index in [1.807, 2.05) is 4.90 Å². The Morgan fingerprint density at radius 3 is 2.53 bits per heavy atom. The number of nitrogens with one attached hydrogen (secondary N) is 1. The Bertz CT molecular complexity index is 521. The Labute approximate surface area is 110 Å². The van der Waals surface area contributed by atoms with Crippen LogP contribution in [0.3, 0.4) is 0 Å². The van der Waals surface area contributed by atoms with Crippen molar-refractivity contribution >= 4 is 22.8 Å². The average molecular weight is 266 g/mol. The summed E-state index contributed by atoms with van der Waals surface area (Å²) in [6, 6.07) is 0. The molecule has 2 aromatic heterocycles. The van der Waals surface area contributed by atoms with E-state index >= 15 is 0 Å². The summed E-state index contributed by atoms with van der Waals surface area (Å²) in [6.45, 7) is 2.56. The van der Waals surface area contributed by atoms with Crippen LogP contribution >= 0.6 is 0 Å². The summed E-state index contributed by atoms with van der Waals surface area (Å²) in [5, 5.41) is 7.61. The van der Waals surface area contributed by atoms with Crippen LogP contribution < -0.4 is 10.6 Å². The minimum Gasteiger partial charge on any atom is -0.383 e. The van der Waals surface area contributed by atoms with E-state index in [0.717, 1.165) is 11.2 Å². The molecule has 8 heteroatoms. The normalized spacial score (nSPS) is 11.1. The van der Waals surface area contributed by atoms with E-state index < -0.39 is 0 Å². The number of aromatic amines is 1. The van der Waals surface area contributed by atoms with Crippen molar-refractivity contribution in [3.8, 4) is 0 Å². The van der Waals surface area contributed by atoms with Gasteiger partial charge in [-0.15, -0.1) is 0 Å². The zero-order valence-corrected chi connectivity index (χ0v) is 11.1. The molecule has 104 valence electrons. The molecule has 0 fully saturated rings. The largest absolute Gasteiger partial charge is 0.383 e. The topological polar surface area (TPSA) is 102 Å². The summed E-state index contributed by atoms with van der Waals surface area (Å²) in [5.41, 5.74) is 6.35. The first-order valence-electron chi connectivity index (χ1n) is 5.95. The van der Waals surface area contributed by atoms with E-state index in [2.05, 4.69) is 20.2 Å². The molecule has 0 saturated heterocycles. The fourth-order valence-electron chi connectivity index (χ4n) is 1.80. The molecular formula is C11H18N6O2. The molecule has 8 nitrogen and oxygen atoms in total. The van der Waals surface area contributed by atoms with Crippen LogP contribution in [0.4, 0.5) is 11.8 Å². The Kier molecular flexibility index (Phi) is 4.48. The van der Waals surface area contributed by atoms with Crippen molar-refractivity contribution < 1.29 is 9.47 Å². The maximum Gasteiger partial charge on any atom is 0.224 e. The molecule has 0 aliphatic carbocycles. The minimum atomic E-state index is 0.214. The second kappa shape index (κ2) is 6.30. The smallest absolute Gasteiger partial charge is 0.224 e. The first kappa shape index (κ1) is 13.5. The number of aromatic nitrogens is 4. The van der Waals surface area contributed by atoms with E-state index in [1.54, 1.807) is 20.4 Å². The molecular weight excluding hydrogens is 248 g/mol. The van der Waals surface area contributed by atoms with Gasteiger partial charge in [0, 0.05) is 27.3 Å². The molecule has 2 rings (SSSR count). The third kappa shape index (κ3) is 3.09. The average Bonchev–Trinajstić information content (AvgIpc) is 2.86. The predicted molar refractivity (Wildman–Crippen MR) is 72.1 cm³/mol. The van der Waals surface area contributed by atoms with E-state index in [0.29, 0.717) is 32.0 Å². The van der Waals surface area contributed by atoms with E-state index in [-0.39, 0.29) is 5.95 Å². The molecule has 0 saturated carbocycles. The van der Waals surface area contributed by atoms with Crippen LogP contribution in [0.25, 0.3) is 11.0 Å². The molecule has 19 heavy (non-hydrogen) atoms. The summed E-state index contributed by atoms with van der Waals surface area (Å²) in [4.78, 5) is 10.4. The number of anilines is 2. The van der Waals surface area contributed by atoms with E-state index in [9.17, 15) is 0 Å². The van der Waals surface area contributed by atoms with Gasteiger partial charge in [-0.1, -0.05) is 0 Å². The number of methoxy groups -OCH3 is 2. The number of hydrogen-bond acceptors (Lipinski definition) is 7. The van der Waals surface area contributed by atoms with Crippen molar-refractivity contribution in [3.63, 3.8) is 0 Å². The van der Waals surface area contributed by atoms with Gasteiger partial charge in [0.2, 0.25) is 5.95 Å². The van der Waals surface area contributed by atoms with Crippen molar-refractivity contribution in [3.05, 3.63) is 6.20 Å². The van der Waals surface area contributed by atoms with Crippen LogP contribution in [0.1, 0.15) is 0 Å². The molecule has 0 aromatic carbocycles. The van der Waals surface area contributed by atoms with Crippen molar-refractivity contribution in [2.45, 2.75) is 0 Å². The lowest BCUT2D eigenvalue weighted by atomic mass is 10.3. The van der Waals surface area contributed by atoms with Gasteiger partial charge in [-0.2, -0.15) is 15.1 Å². The molecule has 0 atom stereocenters. The number of nitrogens with two attached hydrogens (primary N) is 1. The lowest BCUT2D eigenvalue weighted by Crippen LogP contribution is -2.31. The zero-order chi connectivity index (χ0) is 13.7. The second-order valence-electron chi connectivity index (χ2n) is 4.01. The first-order chi connectivity index (χ1) is 9.26. The lowest BCUT2D eigenvalue weighted by molar-refractivity contribution is 0.190. The highest BCUT2D eigenvalue weighted by atomic mass is 16.5. The Morgan fingerprint density at radius 2 is 1.89 bits per heavy atom. The Morgan fingerprint density at radius 1 is 1.21 bits per heavy atom. The maximum absolute atomic E-state index is 5.72. The van der Waals surface area contributed by atoms with Crippen molar-refractivity contribution in [1.29, 1.82) is 0 Å². The molecule has 2 aromatic rings. The van der Waals surface area contributed by atoms with Gasteiger partial charge in [0.15, 0.2) is 5.65 Å². The molecule has 0 bridgehead atoms. The van der Waals surface area contributed by atoms with Crippen LogP contribution in [0.2, 0.25) is 0 Å². The van der Waals surface area contributed by atoms with Gasteiger partial charge in [0.05, 0.1) is 24.8 Å². The number of H-pyrrole nitrogens is 1. The number of nitrogen functional groups attached to an aromatic ring is 1. The van der Waals surface area contributed by atoms with Crippen LogP contribution in [0.15, 0.2) is 6.20 Å². The van der Waals surface area contributed by atoms with Gasteiger partial charge in [-0.05, 0) is 0 Å². The first-order valence-corrected chi connectivity index (χ1v) is 5.95. The molecule has 0 aliphatic rings. The zero-order valence-electron chi connectivity index (χ0n) is 11.1. The SMILES string of the molecule is COCCN(CCOC)c1nc(N)nc2[nH]ncc12. The summed E-state index contributed by atoms with van der Waals surface area (Å²) in [5.74, 6) is 0.955. The number of nitrogens with zero attached hydrogens (tertiary/aromatic N) is 4. The van der Waals surface area contributed by atoms with Crippen LogP contribution in [-0.4, -0.2) is 60.7 Å². The molecule has 0 spiro atoms. The monoisotopic (exact) mass is 266 g/mol. The lowest BCUT2D eigenvalue weighted by Gasteiger charge is -2.23. The Balaban J connectivity index is 2.33. The highest BCUT2D eigenvalue weighted by Gasteiger charge is 2.15.